The third-order valence-electron chi connectivity index (χ3n) is 1.73. The first-order chi connectivity index (χ1) is 4.93. The summed E-state index contributed by atoms with van der Waals surface area (Å²) in [5, 5.41) is 0. The van der Waals surface area contributed by atoms with Crippen LogP contribution in [0.2, 0.25) is 0 Å². The van der Waals surface area contributed by atoms with Crippen LogP contribution in [0.5, 0.6) is 0 Å². The molecular formula is C8H12BrN. The van der Waals surface area contributed by atoms with Gasteiger partial charge in [-0.1, -0.05) is 15.9 Å². The summed E-state index contributed by atoms with van der Waals surface area (Å²) >= 11 is 3.17. The highest BCUT2D eigenvalue weighted by molar-refractivity contribution is 9.11. The fourth-order valence-corrected chi connectivity index (χ4v) is 1.38. The quantitative estimate of drug-likeness (QED) is 0.620. The highest BCUT2D eigenvalue weighted by Crippen LogP contribution is 2.05. The maximum atomic E-state index is 3.17. The van der Waals surface area contributed by atoms with E-state index in [0.717, 1.165) is 6.54 Å². The minimum atomic E-state index is 1.06. The number of likely N-dealkylation sites (tertiary alicyclic amines) is 1. The number of rotatable bonds is 2. The minimum Gasteiger partial charge on any atom is -0.299 e. The summed E-state index contributed by atoms with van der Waals surface area (Å²) in [5.41, 5.74) is 3.00. The van der Waals surface area contributed by atoms with Crippen molar-refractivity contribution in [1.29, 1.82) is 0 Å². The lowest BCUT2D eigenvalue weighted by atomic mass is 10.4. The van der Waals surface area contributed by atoms with Gasteiger partial charge < -0.3 is 0 Å². The normalized spacial score (nSPS) is 18.5. The van der Waals surface area contributed by atoms with E-state index in [0.29, 0.717) is 0 Å². The Kier molecular flexibility index (Phi) is 3.81. The van der Waals surface area contributed by atoms with E-state index in [1.54, 1.807) is 4.99 Å². The molecule has 10 heavy (non-hydrogen) atoms. The van der Waals surface area contributed by atoms with Gasteiger partial charge in [-0.15, -0.1) is 5.73 Å². The monoisotopic (exact) mass is 201 g/mol. The van der Waals surface area contributed by atoms with E-state index >= 15 is 0 Å². The molecule has 0 aromatic rings. The number of halogens is 1. The molecule has 1 rings (SSSR count). The Hall–Kier alpha value is -0.0400. The molecule has 0 saturated carbocycles. The molecule has 1 saturated heterocycles. The fourth-order valence-electron chi connectivity index (χ4n) is 1.19. The zero-order valence-electron chi connectivity index (χ0n) is 6.02. The summed E-state index contributed by atoms with van der Waals surface area (Å²) in [6, 6.07) is 0. The van der Waals surface area contributed by atoms with Crippen molar-refractivity contribution in [3.8, 4) is 0 Å². The second-order valence-electron chi connectivity index (χ2n) is 2.49. The van der Waals surface area contributed by atoms with E-state index in [4.69, 9.17) is 0 Å². The van der Waals surface area contributed by atoms with Crippen molar-refractivity contribution in [2.75, 3.05) is 19.6 Å². The van der Waals surface area contributed by atoms with Crippen molar-refractivity contribution in [3.63, 3.8) is 0 Å². The molecule has 2 heteroatoms. The summed E-state index contributed by atoms with van der Waals surface area (Å²) in [6.45, 7) is 3.59. The van der Waals surface area contributed by atoms with Crippen LogP contribution in [-0.4, -0.2) is 24.5 Å². The topological polar surface area (TPSA) is 3.24 Å². The summed E-state index contributed by atoms with van der Waals surface area (Å²) < 4.78 is 0. The number of hydrogen-bond acceptors (Lipinski definition) is 1. The van der Waals surface area contributed by atoms with E-state index in [2.05, 4.69) is 32.6 Å². The van der Waals surface area contributed by atoms with Crippen LogP contribution in [-0.2, 0) is 0 Å². The van der Waals surface area contributed by atoms with E-state index in [-0.39, 0.29) is 0 Å². The Morgan fingerprint density at radius 1 is 1.40 bits per heavy atom. The highest BCUT2D eigenvalue weighted by atomic mass is 79.9. The van der Waals surface area contributed by atoms with Gasteiger partial charge in [0.15, 0.2) is 0 Å². The van der Waals surface area contributed by atoms with Crippen LogP contribution in [0.1, 0.15) is 12.8 Å². The first-order valence-electron chi connectivity index (χ1n) is 3.65. The van der Waals surface area contributed by atoms with E-state index in [1.807, 2.05) is 0 Å². The smallest absolute Gasteiger partial charge is 0.0238 e. The van der Waals surface area contributed by atoms with Crippen LogP contribution in [0, 0.1) is 0 Å². The first kappa shape index (κ1) is 8.06. The predicted molar refractivity (Wildman–Crippen MR) is 47.3 cm³/mol. The van der Waals surface area contributed by atoms with Crippen molar-refractivity contribution >= 4 is 15.9 Å². The molecule has 0 aromatic carbocycles. The Morgan fingerprint density at radius 3 is 2.70 bits per heavy atom. The molecule has 1 aliphatic heterocycles. The summed E-state index contributed by atoms with van der Waals surface area (Å²) in [7, 11) is 0. The van der Waals surface area contributed by atoms with Crippen LogP contribution in [0.3, 0.4) is 0 Å². The van der Waals surface area contributed by atoms with Crippen molar-refractivity contribution in [2.24, 2.45) is 0 Å². The zero-order chi connectivity index (χ0) is 7.23. The van der Waals surface area contributed by atoms with Crippen LogP contribution in [0.4, 0.5) is 0 Å². The molecule has 0 aromatic heterocycles. The lowest BCUT2D eigenvalue weighted by Crippen LogP contribution is -2.18. The molecule has 0 amide bonds. The van der Waals surface area contributed by atoms with Gasteiger partial charge in [0.05, 0.1) is 0 Å². The Labute approximate surface area is 70.5 Å². The summed E-state index contributed by atoms with van der Waals surface area (Å²) in [5.74, 6) is 0. The van der Waals surface area contributed by atoms with Gasteiger partial charge >= 0.3 is 0 Å². The third-order valence-corrected chi connectivity index (χ3v) is 1.99. The minimum absolute atomic E-state index is 1.06. The van der Waals surface area contributed by atoms with Gasteiger partial charge in [-0.05, 0) is 32.0 Å². The SMILES string of the molecule is BrC=C=CCN1CCCC1. The molecule has 0 radical (unpaired) electrons. The Morgan fingerprint density at radius 2 is 2.10 bits per heavy atom. The Balaban J connectivity index is 2.18. The highest BCUT2D eigenvalue weighted by Gasteiger charge is 2.08. The molecule has 1 heterocycles. The van der Waals surface area contributed by atoms with Crippen LogP contribution in [0.15, 0.2) is 16.8 Å². The molecule has 0 aliphatic carbocycles. The third kappa shape index (κ3) is 2.70. The maximum Gasteiger partial charge on any atom is 0.0238 e. The molecule has 1 nitrogen and oxygen atoms in total. The van der Waals surface area contributed by atoms with Gasteiger partial charge in [-0.3, -0.25) is 4.90 Å². The van der Waals surface area contributed by atoms with Crippen LogP contribution >= 0.6 is 15.9 Å². The second kappa shape index (κ2) is 4.73. The molecule has 0 atom stereocenters. The van der Waals surface area contributed by atoms with Gasteiger partial charge in [-0.25, -0.2) is 0 Å². The molecule has 0 N–H and O–H groups in total. The lowest BCUT2D eigenvalue weighted by Gasteiger charge is -2.09. The lowest BCUT2D eigenvalue weighted by molar-refractivity contribution is 0.377. The second-order valence-corrected chi connectivity index (χ2v) is 2.95. The van der Waals surface area contributed by atoms with Crippen molar-refractivity contribution < 1.29 is 0 Å². The van der Waals surface area contributed by atoms with E-state index in [1.165, 1.54) is 25.9 Å². The molecule has 0 spiro atoms. The van der Waals surface area contributed by atoms with Crippen molar-refractivity contribution in [2.45, 2.75) is 12.8 Å². The van der Waals surface area contributed by atoms with Crippen LogP contribution in [0.25, 0.3) is 0 Å². The van der Waals surface area contributed by atoms with E-state index in [9.17, 15) is 0 Å². The summed E-state index contributed by atoms with van der Waals surface area (Å²) in [6.07, 6.45) is 4.79. The van der Waals surface area contributed by atoms with Crippen LogP contribution < -0.4 is 0 Å². The van der Waals surface area contributed by atoms with Gasteiger partial charge in [0.1, 0.15) is 0 Å². The van der Waals surface area contributed by atoms with Crippen molar-refractivity contribution in [1.82, 2.24) is 4.90 Å². The molecule has 0 bridgehead atoms. The Bertz CT molecular complexity index is 141. The first-order valence-corrected chi connectivity index (χ1v) is 4.57. The number of hydrogen-bond donors (Lipinski definition) is 0. The fraction of sp³-hybridized carbons (Fsp3) is 0.625. The molecule has 0 unspecified atom stereocenters. The molecule has 56 valence electrons. The van der Waals surface area contributed by atoms with Gasteiger partial charge in [-0.2, -0.15) is 0 Å². The standard InChI is InChI=1S/C8H12BrN/c9-5-1-2-6-10-7-3-4-8-10/h2,5H,3-4,6-8H2. The average Bonchev–Trinajstić information content (AvgIpc) is 2.41. The molecular weight excluding hydrogens is 190 g/mol. The maximum absolute atomic E-state index is 3.17. The van der Waals surface area contributed by atoms with Gasteiger partial charge in [0.2, 0.25) is 0 Å². The summed E-state index contributed by atoms with van der Waals surface area (Å²) in [4.78, 5) is 4.20. The van der Waals surface area contributed by atoms with E-state index < -0.39 is 0 Å². The molecule has 1 fully saturated rings. The largest absolute Gasteiger partial charge is 0.299 e. The van der Waals surface area contributed by atoms with Crippen molar-refractivity contribution in [3.05, 3.63) is 16.8 Å². The molecule has 1 aliphatic rings. The average molecular weight is 202 g/mol. The van der Waals surface area contributed by atoms with Gasteiger partial charge in [0.25, 0.3) is 0 Å². The number of nitrogens with zero attached hydrogens (tertiary/aromatic N) is 1. The predicted octanol–water partition coefficient (Wildman–Crippen LogP) is 2.15. The van der Waals surface area contributed by atoms with Gasteiger partial charge in [0, 0.05) is 11.5 Å². The zero-order valence-corrected chi connectivity index (χ0v) is 7.60.